The van der Waals surface area contributed by atoms with Crippen LogP contribution in [0.3, 0.4) is 0 Å². The third-order valence-electron chi connectivity index (χ3n) is 2.74. The zero-order valence-corrected chi connectivity index (χ0v) is 11.0. The summed E-state index contributed by atoms with van der Waals surface area (Å²) < 4.78 is 3.66. The summed E-state index contributed by atoms with van der Waals surface area (Å²) in [5.41, 5.74) is 1.07. The number of aromatic nitrogens is 4. The molecule has 0 fully saturated rings. The van der Waals surface area contributed by atoms with Crippen LogP contribution in [0.5, 0.6) is 0 Å². The van der Waals surface area contributed by atoms with E-state index in [1.165, 1.54) is 0 Å². The van der Waals surface area contributed by atoms with Gasteiger partial charge in [-0.3, -0.25) is 9.48 Å². The molecular weight excluding hydrogens is 232 g/mol. The summed E-state index contributed by atoms with van der Waals surface area (Å²) in [6, 6.07) is 3.64. The summed E-state index contributed by atoms with van der Waals surface area (Å²) >= 11 is 0. The Morgan fingerprint density at radius 3 is 2.83 bits per heavy atom. The largest absolute Gasteiger partial charge is 0.721 e. The van der Waals surface area contributed by atoms with Crippen molar-refractivity contribution in [3.8, 4) is 0 Å². The molecule has 7 heteroatoms. The standard InChI is InChI=1S/C11H17N6O/c1-14(2)10(15(3)4)8-16-9-6-5-7-12-11(9)17(18)13-16/h5-7H,8H2,1-4H3/q+1. The first-order valence-corrected chi connectivity index (χ1v) is 5.62. The quantitative estimate of drug-likeness (QED) is 0.305. The van der Waals surface area contributed by atoms with Crippen LogP contribution in [0.15, 0.2) is 18.3 Å². The molecule has 0 aliphatic rings. The Kier molecular flexibility index (Phi) is 3.14. The Morgan fingerprint density at radius 1 is 1.50 bits per heavy atom. The van der Waals surface area contributed by atoms with E-state index >= 15 is 0 Å². The van der Waals surface area contributed by atoms with Crippen molar-refractivity contribution in [1.82, 2.24) is 19.8 Å². The molecule has 0 saturated heterocycles. The molecule has 2 aromatic heterocycles. The van der Waals surface area contributed by atoms with Gasteiger partial charge in [-0.2, -0.15) is 4.68 Å². The molecular formula is C11H17N6O+. The van der Waals surface area contributed by atoms with E-state index in [1.807, 2.05) is 43.7 Å². The van der Waals surface area contributed by atoms with Crippen molar-refractivity contribution in [2.75, 3.05) is 28.2 Å². The monoisotopic (exact) mass is 249 g/mol. The zero-order valence-electron chi connectivity index (χ0n) is 11.0. The smallest absolute Gasteiger partial charge is 0.323 e. The summed E-state index contributed by atoms with van der Waals surface area (Å²) in [6.07, 6.45) is 1.59. The number of rotatable bonds is 2. The molecule has 0 N–H and O–H groups in total. The second kappa shape index (κ2) is 4.59. The summed E-state index contributed by atoms with van der Waals surface area (Å²) in [5.74, 6) is 1.05. The van der Waals surface area contributed by atoms with Crippen LogP contribution >= 0.6 is 0 Å². The molecule has 0 spiro atoms. The molecule has 2 aromatic rings. The third-order valence-corrected chi connectivity index (χ3v) is 2.74. The van der Waals surface area contributed by atoms with Crippen LogP contribution in [-0.2, 0) is 6.54 Å². The normalized spacial score (nSPS) is 10.7. The molecule has 18 heavy (non-hydrogen) atoms. The van der Waals surface area contributed by atoms with Gasteiger partial charge in [0, 0.05) is 5.21 Å². The minimum absolute atomic E-state index is 0.342. The van der Waals surface area contributed by atoms with Gasteiger partial charge in [-0.1, -0.05) is 0 Å². The van der Waals surface area contributed by atoms with Crippen LogP contribution in [0.2, 0.25) is 0 Å². The molecule has 0 aliphatic heterocycles. The second-order valence-electron chi connectivity index (χ2n) is 4.47. The highest BCUT2D eigenvalue weighted by Gasteiger charge is 2.20. The average molecular weight is 249 g/mol. The van der Waals surface area contributed by atoms with Crippen molar-refractivity contribution in [3.05, 3.63) is 23.5 Å². The van der Waals surface area contributed by atoms with Gasteiger partial charge in [0.2, 0.25) is 0 Å². The molecule has 0 unspecified atom stereocenters. The van der Waals surface area contributed by atoms with Gasteiger partial charge in [0.15, 0.2) is 12.1 Å². The fourth-order valence-electron chi connectivity index (χ4n) is 1.86. The first-order chi connectivity index (χ1) is 8.50. The lowest BCUT2D eigenvalue weighted by molar-refractivity contribution is -0.648. The molecule has 7 nitrogen and oxygen atoms in total. The van der Waals surface area contributed by atoms with Crippen LogP contribution in [-0.4, -0.2) is 58.4 Å². The molecule has 0 amide bonds. The van der Waals surface area contributed by atoms with E-state index in [-0.39, 0.29) is 0 Å². The van der Waals surface area contributed by atoms with E-state index in [0.717, 1.165) is 11.4 Å². The van der Waals surface area contributed by atoms with Crippen molar-refractivity contribution in [3.63, 3.8) is 0 Å². The van der Waals surface area contributed by atoms with Crippen LogP contribution in [0.4, 0.5) is 0 Å². The lowest BCUT2D eigenvalue weighted by atomic mass is 10.4. The minimum atomic E-state index is 0.342. The van der Waals surface area contributed by atoms with E-state index in [2.05, 4.69) is 10.2 Å². The van der Waals surface area contributed by atoms with Crippen molar-refractivity contribution in [2.24, 2.45) is 0 Å². The number of hydrogen-bond acceptors (Lipinski definition) is 3. The summed E-state index contributed by atoms with van der Waals surface area (Å²) in [5, 5.41) is 15.5. The highest BCUT2D eigenvalue weighted by Crippen LogP contribution is 2.05. The fourth-order valence-corrected chi connectivity index (χ4v) is 1.86. The molecule has 2 heterocycles. The molecule has 96 valence electrons. The lowest BCUT2D eigenvalue weighted by Crippen LogP contribution is -2.36. The van der Waals surface area contributed by atoms with Gasteiger partial charge in [0.25, 0.3) is 5.84 Å². The Hall–Kier alpha value is -2.18. The van der Waals surface area contributed by atoms with E-state index in [9.17, 15) is 5.21 Å². The van der Waals surface area contributed by atoms with Crippen LogP contribution in [0, 0.1) is 5.21 Å². The molecule has 0 atom stereocenters. The average Bonchev–Trinajstić information content (AvgIpc) is 2.63. The highest BCUT2D eigenvalue weighted by atomic mass is 16.5. The van der Waals surface area contributed by atoms with Crippen molar-refractivity contribution in [1.29, 1.82) is 0 Å². The number of hydrogen-bond donors (Lipinski definition) is 0. The van der Waals surface area contributed by atoms with Gasteiger partial charge in [0.1, 0.15) is 6.20 Å². The van der Waals surface area contributed by atoms with Gasteiger partial charge in [-0.05, 0) is 12.1 Å². The van der Waals surface area contributed by atoms with Gasteiger partial charge < -0.3 is 5.21 Å². The molecule has 0 aromatic carbocycles. The van der Waals surface area contributed by atoms with Crippen molar-refractivity contribution < 1.29 is 9.42 Å². The number of fused-ring (bicyclic) bond motifs is 1. The Labute approximate surface area is 105 Å². The number of likely N-dealkylation sites (N-methyl/N-ethyl adjacent to an activating group) is 1. The maximum absolute atomic E-state index is 11.6. The third kappa shape index (κ3) is 2.11. The Bertz CT molecular complexity index is 597. The maximum Gasteiger partial charge on any atom is 0.323 e. The van der Waals surface area contributed by atoms with E-state index in [1.54, 1.807) is 16.9 Å². The van der Waals surface area contributed by atoms with Gasteiger partial charge in [-0.15, -0.1) is 9.83 Å². The minimum Gasteiger partial charge on any atom is -0.721 e. The van der Waals surface area contributed by atoms with Gasteiger partial charge in [0.05, 0.1) is 28.2 Å². The Morgan fingerprint density at radius 2 is 2.22 bits per heavy atom. The second-order valence-corrected chi connectivity index (χ2v) is 4.47. The van der Waals surface area contributed by atoms with Crippen molar-refractivity contribution in [2.45, 2.75) is 6.54 Å². The number of amidine groups is 1. The van der Waals surface area contributed by atoms with Gasteiger partial charge in [-0.25, -0.2) is 0 Å². The first-order valence-electron chi connectivity index (χ1n) is 5.62. The molecule has 0 aliphatic carbocycles. The molecule has 0 bridgehead atoms. The number of nitrogens with zero attached hydrogens (tertiary/aromatic N) is 6. The van der Waals surface area contributed by atoms with Crippen LogP contribution in [0.1, 0.15) is 0 Å². The van der Waals surface area contributed by atoms with E-state index in [4.69, 9.17) is 0 Å². The molecule has 0 saturated carbocycles. The van der Waals surface area contributed by atoms with E-state index in [0.29, 0.717) is 17.0 Å². The highest BCUT2D eigenvalue weighted by molar-refractivity contribution is 5.78. The summed E-state index contributed by atoms with van der Waals surface area (Å²) in [6.45, 7) is 0.525. The fraction of sp³-hybridized carbons (Fsp3) is 0.455. The zero-order chi connectivity index (χ0) is 13.3. The Balaban J connectivity index is 2.47. The molecule has 2 rings (SSSR count). The predicted molar refractivity (Wildman–Crippen MR) is 67.3 cm³/mol. The number of pyridine rings is 1. The van der Waals surface area contributed by atoms with E-state index < -0.39 is 0 Å². The van der Waals surface area contributed by atoms with Crippen molar-refractivity contribution >= 4 is 17.0 Å². The topological polar surface area (TPSA) is 63.9 Å². The van der Waals surface area contributed by atoms with Crippen LogP contribution < -0.4 is 4.85 Å². The maximum atomic E-state index is 11.6. The molecule has 0 radical (unpaired) electrons. The lowest BCUT2D eigenvalue weighted by Gasteiger charge is -2.09. The SMILES string of the molecule is CN(C)C(Cn1n[n+]([O-])c2ncccc21)=[N+](C)C. The first kappa shape index (κ1) is 12.3. The van der Waals surface area contributed by atoms with Gasteiger partial charge >= 0.3 is 5.65 Å². The summed E-state index contributed by atoms with van der Waals surface area (Å²) in [7, 11) is 7.85. The van der Waals surface area contributed by atoms with Crippen LogP contribution in [0.25, 0.3) is 11.2 Å². The predicted octanol–water partition coefficient (Wildman–Crippen LogP) is -0.703. The summed E-state index contributed by atoms with van der Waals surface area (Å²) in [4.78, 5) is 6.58.